The summed E-state index contributed by atoms with van der Waals surface area (Å²) in [7, 11) is 0. The van der Waals surface area contributed by atoms with Crippen LogP contribution in [-0.4, -0.2) is 11.2 Å². The summed E-state index contributed by atoms with van der Waals surface area (Å²) in [6.45, 7) is 7.47. The fourth-order valence-corrected chi connectivity index (χ4v) is 6.87. The van der Waals surface area contributed by atoms with E-state index in [0.717, 1.165) is 25.1 Å². The predicted molar refractivity (Wildman–Crippen MR) is 214 cm³/mol. The lowest BCUT2D eigenvalue weighted by Crippen LogP contribution is -2.08. The molecule has 0 unspecified atom stereocenters. The van der Waals surface area contributed by atoms with E-state index in [1.54, 1.807) is 0 Å². The first-order chi connectivity index (χ1) is 24.7. The molecule has 0 atom stereocenters. The summed E-state index contributed by atoms with van der Waals surface area (Å²) in [4.78, 5) is 0. The largest absolute Gasteiger partial charge is 0.208 e. The SMILES string of the molecule is CCCCCCc1c(-c2ccccc2)cc(N=[N+](CC)C(=Cc2ccc(-c3ccccc3)c(-c3ccccc3)c2)CC)cc1-c1ccccc1. The summed E-state index contributed by atoms with van der Waals surface area (Å²) in [5.41, 5.74) is 14.7. The minimum Gasteiger partial charge on any atom is -0.0882 e. The van der Waals surface area contributed by atoms with Crippen LogP contribution in [-0.2, 0) is 6.42 Å². The molecule has 0 aliphatic heterocycles. The van der Waals surface area contributed by atoms with Crippen LogP contribution in [0.25, 0.3) is 50.6 Å². The summed E-state index contributed by atoms with van der Waals surface area (Å²) in [6, 6.07) is 54.6. The van der Waals surface area contributed by atoms with E-state index in [1.165, 1.54) is 87.0 Å². The highest BCUT2D eigenvalue weighted by atomic mass is 15.3. The second kappa shape index (κ2) is 17.4. The van der Waals surface area contributed by atoms with Crippen LogP contribution in [0.2, 0.25) is 0 Å². The maximum absolute atomic E-state index is 5.38. The molecule has 0 aliphatic carbocycles. The average Bonchev–Trinajstić information content (AvgIpc) is 3.19. The molecule has 6 rings (SSSR count). The van der Waals surface area contributed by atoms with Crippen molar-refractivity contribution in [1.29, 1.82) is 0 Å². The lowest BCUT2D eigenvalue weighted by Gasteiger charge is -2.17. The number of allylic oxidation sites excluding steroid dienone is 1. The molecule has 6 aromatic rings. The van der Waals surface area contributed by atoms with Crippen molar-refractivity contribution in [3.05, 3.63) is 168 Å². The molecule has 2 heteroatoms. The van der Waals surface area contributed by atoms with E-state index >= 15 is 0 Å². The van der Waals surface area contributed by atoms with Crippen LogP contribution in [0.3, 0.4) is 0 Å². The number of azo groups is 2. The first-order valence-corrected chi connectivity index (χ1v) is 18.4. The van der Waals surface area contributed by atoms with Crippen LogP contribution in [0.1, 0.15) is 64.0 Å². The summed E-state index contributed by atoms with van der Waals surface area (Å²) in [5.74, 6) is 0. The van der Waals surface area contributed by atoms with Gasteiger partial charge in [-0.15, -0.1) is 0 Å². The molecule has 0 heterocycles. The van der Waals surface area contributed by atoms with Crippen molar-refractivity contribution in [2.75, 3.05) is 6.54 Å². The second-order valence-corrected chi connectivity index (χ2v) is 12.9. The molecule has 2 nitrogen and oxygen atoms in total. The Hall–Kier alpha value is -5.34. The van der Waals surface area contributed by atoms with Crippen LogP contribution >= 0.6 is 0 Å². The highest BCUT2D eigenvalue weighted by molar-refractivity contribution is 5.85. The van der Waals surface area contributed by atoms with Crippen molar-refractivity contribution >= 4 is 11.8 Å². The maximum atomic E-state index is 5.38. The van der Waals surface area contributed by atoms with Gasteiger partial charge in [0.25, 0.3) is 0 Å². The minimum absolute atomic E-state index is 0.771. The summed E-state index contributed by atoms with van der Waals surface area (Å²) < 4.78 is 2.19. The highest BCUT2D eigenvalue weighted by Crippen LogP contribution is 2.39. The zero-order valence-electron chi connectivity index (χ0n) is 29.9. The van der Waals surface area contributed by atoms with Gasteiger partial charge in [0.15, 0.2) is 6.54 Å². The Balaban J connectivity index is 1.46. The topological polar surface area (TPSA) is 15.4 Å². The first-order valence-electron chi connectivity index (χ1n) is 18.4. The molecule has 0 amide bonds. The standard InChI is InChI=1S/C48H49N2/c1-4-7-8-21-30-45-47(40-26-17-11-18-27-40)35-42(36-48(45)41-28-19-12-20-29-41)49-50(6-3)43(5-2)33-37-31-32-44(38-22-13-9-14-23-38)46(34-37)39-24-15-10-16-25-39/h9-20,22-29,31-36H,4-8,21,30H2,1-3H3/q+1. The molecule has 250 valence electrons. The normalized spacial score (nSPS) is 11.9. The molecule has 0 radical (unpaired) electrons. The Morgan fingerprint density at radius 3 is 1.50 bits per heavy atom. The summed E-state index contributed by atoms with van der Waals surface area (Å²) in [6.07, 6.45) is 9.17. The minimum atomic E-state index is 0.771. The molecule has 0 bridgehead atoms. The fourth-order valence-electron chi connectivity index (χ4n) is 6.87. The summed E-state index contributed by atoms with van der Waals surface area (Å²) in [5, 5.41) is 5.38. The number of nitrogens with zero attached hydrogens (tertiary/aromatic N) is 2. The lowest BCUT2D eigenvalue weighted by atomic mass is 9.88. The quantitative estimate of drug-likeness (QED) is 0.0631. The third-order valence-electron chi connectivity index (χ3n) is 9.46. The van der Waals surface area contributed by atoms with Crippen molar-refractivity contribution in [3.63, 3.8) is 0 Å². The van der Waals surface area contributed by atoms with Gasteiger partial charge in [0.05, 0.1) is 0 Å². The van der Waals surface area contributed by atoms with Gasteiger partial charge in [0.1, 0.15) is 5.69 Å². The zero-order valence-corrected chi connectivity index (χ0v) is 29.9. The number of hydrogen-bond donors (Lipinski definition) is 0. The molecule has 0 aliphatic rings. The van der Waals surface area contributed by atoms with Crippen LogP contribution in [0.5, 0.6) is 0 Å². The van der Waals surface area contributed by atoms with Crippen LogP contribution in [0.15, 0.2) is 162 Å². The Morgan fingerprint density at radius 1 is 0.520 bits per heavy atom. The molecule has 0 saturated heterocycles. The van der Waals surface area contributed by atoms with Crippen LogP contribution < -0.4 is 0 Å². The molecule has 6 aromatic carbocycles. The molecule has 0 saturated carbocycles. The Kier molecular flexibility index (Phi) is 12.0. The van der Waals surface area contributed by atoms with Crippen molar-refractivity contribution < 1.29 is 4.70 Å². The first kappa shape index (κ1) is 34.5. The zero-order chi connectivity index (χ0) is 34.5. The number of unbranched alkanes of at least 4 members (excludes halogenated alkanes) is 3. The van der Waals surface area contributed by atoms with E-state index in [2.05, 4.69) is 183 Å². The van der Waals surface area contributed by atoms with E-state index in [4.69, 9.17) is 5.11 Å². The van der Waals surface area contributed by atoms with Crippen molar-refractivity contribution in [2.45, 2.75) is 59.3 Å². The van der Waals surface area contributed by atoms with E-state index in [-0.39, 0.29) is 0 Å². The van der Waals surface area contributed by atoms with Gasteiger partial charge in [0.2, 0.25) is 5.70 Å². The van der Waals surface area contributed by atoms with Crippen molar-refractivity contribution in [2.24, 2.45) is 5.11 Å². The van der Waals surface area contributed by atoms with Crippen LogP contribution in [0, 0.1) is 0 Å². The number of rotatable bonds is 14. The second-order valence-electron chi connectivity index (χ2n) is 12.9. The summed E-state index contributed by atoms with van der Waals surface area (Å²) >= 11 is 0. The smallest absolute Gasteiger partial charge is 0.0882 e. The predicted octanol–water partition coefficient (Wildman–Crippen LogP) is 14.0. The van der Waals surface area contributed by atoms with Gasteiger partial charge >= 0.3 is 0 Å². The van der Waals surface area contributed by atoms with Gasteiger partial charge in [-0.2, -0.15) is 0 Å². The van der Waals surface area contributed by atoms with E-state index in [0.29, 0.717) is 0 Å². The lowest BCUT2D eigenvalue weighted by molar-refractivity contribution is -0.539. The Morgan fingerprint density at radius 2 is 1.02 bits per heavy atom. The van der Waals surface area contributed by atoms with Gasteiger partial charge in [-0.1, -0.05) is 171 Å². The van der Waals surface area contributed by atoms with Crippen molar-refractivity contribution in [1.82, 2.24) is 0 Å². The van der Waals surface area contributed by atoms with E-state index in [1.807, 2.05) is 0 Å². The molecular formula is C48H49N2+. The van der Waals surface area contributed by atoms with Crippen molar-refractivity contribution in [3.8, 4) is 44.5 Å². The fraction of sp³-hybridized carbons (Fsp3) is 0.208. The molecule has 0 spiro atoms. The molecule has 0 aromatic heterocycles. The van der Waals surface area contributed by atoms with E-state index in [9.17, 15) is 0 Å². The van der Waals surface area contributed by atoms with Gasteiger partial charge in [-0.3, -0.25) is 0 Å². The number of benzene rings is 6. The Labute approximate surface area is 299 Å². The van der Waals surface area contributed by atoms with E-state index < -0.39 is 0 Å². The number of hydrogen-bond acceptors (Lipinski definition) is 1. The Bertz CT molecular complexity index is 1960. The van der Waals surface area contributed by atoms with Crippen LogP contribution in [0.4, 0.5) is 5.69 Å². The monoisotopic (exact) mass is 653 g/mol. The van der Waals surface area contributed by atoms with Gasteiger partial charge < -0.3 is 0 Å². The van der Waals surface area contributed by atoms with Gasteiger partial charge in [0, 0.05) is 12.5 Å². The van der Waals surface area contributed by atoms with Gasteiger partial charge in [-0.05, 0) is 98.7 Å². The highest BCUT2D eigenvalue weighted by Gasteiger charge is 2.18. The molecule has 0 N–H and O–H groups in total. The maximum Gasteiger partial charge on any atom is 0.208 e. The van der Waals surface area contributed by atoms with Gasteiger partial charge in [-0.25, -0.2) is 0 Å². The third kappa shape index (κ3) is 8.44. The molecular weight excluding hydrogens is 605 g/mol. The average molecular weight is 654 g/mol. The molecule has 50 heavy (non-hydrogen) atoms. The third-order valence-corrected chi connectivity index (χ3v) is 9.46. The molecule has 0 fully saturated rings.